The molecule has 0 saturated carbocycles. The molecule has 4 bridgehead atoms. The van der Waals surface area contributed by atoms with E-state index in [2.05, 4.69) is 41.0 Å². The molecule has 4 saturated heterocycles. The van der Waals surface area contributed by atoms with Crippen LogP contribution in [0.1, 0.15) is 11.1 Å². The van der Waals surface area contributed by atoms with Crippen LogP contribution in [0.15, 0.2) is 24.3 Å². The van der Waals surface area contributed by atoms with Crippen molar-refractivity contribution < 1.29 is 0 Å². The fourth-order valence-electron chi connectivity index (χ4n) is 4.69. The van der Waals surface area contributed by atoms with Crippen molar-refractivity contribution in [3.8, 4) is 0 Å². The summed E-state index contributed by atoms with van der Waals surface area (Å²) in [6, 6.07) is 9.18. The van der Waals surface area contributed by atoms with Gasteiger partial charge in [0.15, 0.2) is 0 Å². The van der Waals surface area contributed by atoms with Gasteiger partial charge in [0.05, 0.1) is 0 Å². The van der Waals surface area contributed by atoms with Gasteiger partial charge in [-0.05, 0) is 18.1 Å². The van der Waals surface area contributed by atoms with E-state index in [1.807, 2.05) is 0 Å². The number of benzene rings is 1. The monoisotopic (exact) mass is 257 g/mol. The highest BCUT2D eigenvalue weighted by atomic mass is 15.3. The molecule has 5 rings (SSSR count). The number of rotatable bonds is 1. The molecule has 0 spiro atoms. The van der Waals surface area contributed by atoms with Crippen molar-refractivity contribution in [1.29, 1.82) is 0 Å². The van der Waals surface area contributed by atoms with E-state index in [0.29, 0.717) is 12.0 Å². The zero-order valence-electron chi connectivity index (χ0n) is 11.7. The molecule has 0 aliphatic carbocycles. The van der Waals surface area contributed by atoms with Crippen LogP contribution in [0.3, 0.4) is 0 Å². The fraction of sp³-hybridized carbons (Fsp3) is 0.625. The molecular formula is C16H23N3. The highest BCUT2D eigenvalue weighted by Gasteiger charge is 2.53. The third-order valence-electron chi connectivity index (χ3n) is 5.56. The Kier molecular flexibility index (Phi) is 2.53. The average molecular weight is 257 g/mol. The van der Waals surface area contributed by atoms with Gasteiger partial charge in [-0.1, -0.05) is 24.3 Å². The highest BCUT2D eigenvalue weighted by Crippen LogP contribution is 2.43. The zero-order valence-corrected chi connectivity index (χ0v) is 11.7. The molecule has 4 aliphatic rings. The minimum absolute atomic E-state index is 0.156. The summed E-state index contributed by atoms with van der Waals surface area (Å²) < 4.78 is 0. The molecule has 3 unspecified atom stereocenters. The standard InChI is InChI=1S/C16H23N3/c1-12-4-2-3-5-14(12)16-10-18-6-7-19(11-16)9-13(8-18)15(16)17/h2-5,13,15H,6-11,17H2,1H3. The quantitative estimate of drug-likeness (QED) is 0.808. The Morgan fingerprint density at radius 1 is 1.11 bits per heavy atom. The van der Waals surface area contributed by atoms with Crippen molar-refractivity contribution in [3.05, 3.63) is 35.4 Å². The topological polar surface area (TPSA) is 32.5 Å². The van der Waals surface area contributed by atoms with Crippen molar-refractivity contribution in [2.75, 3.05) is 39.3 Å². The summed E-state index contributed by atoms with van der Waals surface area (Å²) in [6.07, 6.45) is 0. The first kappa shape index (κ1) is 11.9. The van der Waals surface area contributed by atoms with Crippen LogP contribution in [0.2, 0.25) is 0 Å². The first-order valence-corrected chi connectivity index (χ1v) is 7.45. The Labute approximate surface area is 115 Å². The highest BCUT2D eigenvalue weighted by molar-refractivity contribution is 5.38. The molecule has 19 heavy (non-hydrogen) atoms. The molecular weight excluding hydrogens is 234 g/mol. The number of nitrogens with two attached hydrogens (primary N) is 1. The van der Waals surface area contributed by atoms with E-state index in [9.17, 15) is 0 Å². The van der Waals surface area contributed by atoms with E-state index in [-0.39, 0.29) is 5.41 Å². The minimum atomic E-state index is 0.156. The molecule has 0 amide bonds. The molecule has 1 aromatic carbocycles. The van der Waals surface area contributed by atoms with Gasteiger partial charge in [0.1, 0.15) is 0 Å². The van der Waals surface area contributed by atoms with E-state index in [4.69, 9.17) is 5.73 Å². The van der Waals surface area contributed by atoms with E-state index in [0.717, 1.165) is 13.1 Å². The van der Waals surface area contributed by atoms with Crippen LogP contribution in [-0.2, 0) is 5.41 Å². The third kappa shape index (κ3) is 1.62. The van der Waals surface area contributed by atoms with Crippen LogP contribution >= 0.6 is 0 Å². The van der Waals surface area contributed by atoms with Gasteiger partial charge < -0.3 is 15.5 Å². The Hall–Kier alpha value is -0.900. The van der Waals surface area contributed by atoms with Gasteiger partial charge in [0.25, 0.3) is 0 Å². The van der Waals surface area contributed by atoms with E-state index in [1.165, 1.54) is 37.3 Å². The smallest absolute Gasteiger partial charge is 0.0364 e. The molecule has 0 aromatic heterocycles. The fourth-order valence-corrected chi connectivity index (χ4v) is 4.69. The molecule has 102 valence electrons. The van der Waals surface area contributed by atoms with Crippen molar-refractivity contribution in [3.63, 3.8) is 0 Å². The van der Waals surface area contributed by atoms with Crippen molar-refractivity contribution in [1.82, 2.24) is 9.80 Å². The lowest BCUT2D eigenvalue weighted by molar-refractivity contribution is 0.0350. The Morgan fingerprint density at radius 2 is 1.74 bits per heavy atom. The number of hydrogen-bond donors (Lipinski definition) is 1. The molecule has 2 N–H and O–H groups in total. The predicted octanol–water partition coefficient (Wildman–Crippen LogP) is 0.821. The largest absolute Gasteiger partial charge is 0.326 e. The summed E-state index contributed by atoms with van der Waals surface area (Å²) in [7, 11) is 0. The lowest BCUT2D eigenvalue weighted by Gasteiger charge is -2.54. The Bertz CT molecular complexity index is 483. The van der Waals surface area contributed by atoms with Crippen molar-refractivity contribution in [2.45, 2.75) is 18.4 Å². The second-order valence-electron chi connectivity index (χ2n) is 6.73. The normalized spacial score (nSPS) is 44.3. The third-order valence-corrected chi connectivity index (χ3v) is 5.56. The molecule has 3 heteroatoms. The molecule has 4 aliphatic heterocycles. The van der Waals surface area contributed by atoms with Crippen LogP contribution in [0.25, 0.3) is 0 Å². The summed E-state index contributed by atoms with van der Waals surface area (Å²) in [5, 5.41) is 0. The average Bonchev–Trinajstić information content (AvgIpc) is 2.64. The van der Waals surface area contributed by atoms with E-state index >= 15 is 0 Å². The van der Waals surface area contributed by atoms with Crippen LogP contribution in [0.4, 0.5) is 0 Å². The number of aryl methyl sites for hydroxylation is 1. The second kappa shape index (κ2) is 4.05. The maximum absolute atomic E-state index is 6.72. The SMILES string of the molecule is Cc1ccccc1C12CN3CCN(CC(C3)C1N)C2. The van der Waals surface area contributed by atoms with Gasteiger partial charge in [-0.2, -0.15) is 0 Å². The van der Waals surface area contributed by atoms with Gasteiger partial charge in [0, 0.05) is 56.6 Å². The zero-order chi connectivity index (χ0) is 13.0. The molecule has 4 fully saturated rings. The summed E-state index contributed by atoms with van der Waals surface area (Å²) in [5.74, 6) is 0.643. The van der Waals surface area contributed by atoms with Gasteiger partial charge in [-0.15, -0.1) is 0 Å². The Balaban J connectivity index is 1.86. The van der Waals surface area contributed by atoms with Gasteiger partial charge in [0.2, 0.25) is 0 Å². The predicted molar refractivity (Wildman–Crippen MR) is 77.2 cm³/mol. The molecule has 1 aromatic rings. The first-order valence-electron chi connectivity index (χ1n) is 7.45. The van der Waals surface area contributed by atoms with Gasteiger partial charge >= 0.3 is 0 Å². The van der Waals surface area contributed by atoms with Gasteiger partial charge in [-0.3, -0.25) is 0 Å². The van der Waals surface area contributed by atoms with E-state index < -0.39 is 0 Å². The van der Waals surface area contributed by atoms with Crippen LogP contribution < -0.4 is 5.73 Å². The van der Waals surface area contributed by atoms with Crippen molar-refractivity contribution in [2.24, 2.45) is 11.7 Å². The molecule has 0 radical (unpaired) electrons. The number of piperidine rings is 2. The maximum atomic E-state index is 6.72. The summed E-state index contributed by atoms with van der Waals surface area (Å²) in [6.45, 7) is 9.37. The lowest BCUT2D eigenvalue weighted by atomic mass is 9.64. The molecule has 3 nitrogen and oxygen atoms in total. The van der Waals surface area contributed by atoms with Crippen LogP contribution in [0.5, 0.6) is 0 Å². The second-order valence-corrected chi connectivity index (χ2v) is 6.73. The summed E-state index contributed by atoms with van der Waals surface area (Å²) >= 11 is 0. The van der Waals surface area contributed by atoms with Crippen LogP contribution in [0, 0.1) is 12.8 Å². The maximum Gasteiger partial charge on any atom is 0.0364 e. The van der Waals surface area contributed by atoms with Gasteiger partial charge in [-0.25, -0.2) is 0 Å². The van der Waals surface area contributed by atoms with E-state index in [1.54, 1.807) is 0 Å². The van der Waals surface area contributed by atoms with Crippen molar-refractivity contribution >= 4 is 0 Å². The summed E-state index contributed by atoms with van der Waals surface area (Å²) in [5.41, 5.74) is 9.77. The first-order chi connectivity index (χ1) is 9.19. The lowest BCUT2D eigenvalue weighted by Crippen LogP contribution is -2.69. The van der Waals surface area contributed by atoms with Crippen LogP contribution in [-0.4, -0.2) is 55.1 Å². The number of nitrogens with zero attached hydrogens (tertiary/aromatic N) is 2. The molecule has 4 heterocycles. The number of hydrogen-bond acceptors (Lipinski definition) is 3. The minimum Gasteiger partial charge on any atom is -0.326 e. The number of fused-ring (bicyclic) bond motifs is 1. The summed E-state index contributed by atoms with van der Waals surface area (Å²) in [4.78, 5) is 5.29. The molecule has 3 atom stereocenters. The Morgan fingerprint density at radius 3 is 2.37 bits per heavy atom.